The molecule has 1 N–H and O–H groups in total. The summed E-state index contributed by atoms with van der Waals surface area (Å²) in [5, 5.41) is 3.97. The van der Waals surface area contributed by atoms with Gasteiger partial charge in [-0.1, -0.05) is 43.9 Å². The lowest BCUT2D eigenvalue weighted by molar-refractivity contribution is 0.159. The van der Waals surface area contributed by atoms with Gasteiger partial charge in [0.15, 0.2) is 0 Å². The molecule has 0 radical (unpaired) electrons. The molecule has 2 rings (SSSR count). The van der Waals surface area contributed by atoms with E-state index in [1.54, 1.807) is 12.1 Å². The Kier molecular flexibility index (Phi) is 8.70. The van der Waals surface area contributed by atoms with Gasteiger partial charge in [0, 0.05) is 37.8 Å². The summed E-state index contributed by atoms with van der Waals surface area (Å²) in [5.74, 6) is -0.161. The zero-order valence-electron chi connectivity index (χ0n) is 13.5. The number of hydrogen-bond donors (Lipinski definition) is 1. The molecule has 0 spiro atoms. The predicted molar refractivity (Wildman–Crippen MR) is 94.7 cm³/mol. The average Bonchev–Trinajstić information content (AvgIpc) is 2.51. The first kappa shape index (κ1) is 19.7. The van der Waals surface area contributed by atoms with Crippen LogP contribution >= 0.6 is 24.0 Å². The van der Waals surface area contributed by atoms with Gasteiger partial charge in [0.1, 0.15) is 5.82 Å². The fourth-order valence-corrected chi connectivity index (χ4v) is 3.35. The average molecular weight is 349 g/mol. The number of halogens is 3. The predicted octanol–water partition coefficient (Wildman–Crippen LogP) is 4.74. The Hall–Kier alpha value is -0.350. The number of nitrogens with one attached hydrogen (secondary N) is 1. The molecule has 126 valence electrons. The number of unbranched alkanes of at least 4 members (excludes halogenated alkanes) is 2. The third kappa shape index (κ3) is 4.82. The first-order valence-corrected chi connectivity index (χ1v) is 8.42. The van der Waals surface area contributed by atoms with Crippen LogP contribution in [0.3, 0.4) is 0 Å². The van der Waals surface area contributed by atoms with Crippen LogP contribution in [-0.4, -0.2) is 31.1 Å². The number of rotatable bonds is 6. The normalized spacial score (nSPS) is 17.1. The van der Waals surface area contributed by atoms with Gasteiger partial charge in [-0.2, -0.15) is 0 Å². The van der Waals surface area contributed by atoms with Crippen LogP contribution in [0.5, 0.6) is 0 Å². The third-order valence-corrected chi connectivity index (χ3v) is 4.83. The maximum atomic E-state index is 14.4. The number of nitrogens with zero attached hydrogens (tertiary/aromatic N) is 1. The van der Waals surface area contributed by atoms with Crippen molar-refractivity contribution in [1.82, 2.24) is 10.2 Å². The Morgan fingerprint density at radius 2 is 1.95 bits per heavy atom. The van der Waals surface area contributed by atoms with E-state index in [4.69, 9.17) is 11.6 Å². The maximum absolute atomic E-state index is 14.4. The molecule has 1 saturated heterocycles. The molecule has 1 heterocycles. The molecule has 0 saturated carbocycles. The Morgan fingerprint density at radius 1 is 1.27 bits per heavy atom. The van der Waals surface area contributed by atoms with Gasteiger partial charge in [0.05, 0.1) is 5.02 Å². The summed E-state index contributed by atoms with van der Waals surface area (Å²) in [6.07, 6.45) is 4.47. The van der Waals surface area contributed by atoms with E-state index in [1.165, 1.54) is 12.8 Å². The highest BCUT2D eigenvalue weighted by atomic mass is 35.5. The molecular formula is C17H27Cl2FN2. The molecule has 1 aliphatic rings. The van der Waals surface area contributed by atoms with Gasteiger partial charge in [0.2, 0.25) is 0 Å². The van der Waals surface area contributed by atoms with Crippen LogP contribution < -0.4 is 5.32 Å². The number of benzene rings is 1. The van der Waals surface area contributed by atoms with E-state index in [-0.39, 0.29) is 24.3 Å². The van der Waals surface area contributed by atoms with Crippen LogP contribution in [-0.2, 0) is 0 Å². The summed E-state index contributed by atoms with van der Waals surface area (Å²) in [4.78, 5) is 2.38. The third-order valence-electron chi connectivity index (χ3n) is 4.33. The van der Waals surface area contributed by atoms with Gasteiger partial charge in [-0.05, 0) is 25.0 Å². The van der Waals surface area contributed by atoms with Crippen molar-refractivity contribution in [3.63, 3.8) is 0 Å². The monoisotopic (exact) mass is 348 g/mol. The zero-order valence-corrected chi connectivity index (χ0v) is 15.1. The lowest BCUT2D eigenvalue weighted by atomic mass is 9.96. The van der Waals surface area contributed by atoms with Crippen molar-refractivity contribution in [2.45, 2.75) is 45.6 Å². The van der Waals surface area contributed by atoms with E-state index < -0.39 is 0 Å². The summed E-state index contributed by atoms with van der Waals surface area (Å²) < 4.78 is 14.4. The van der Waals surface area contributed by atoms with E-state index in [9.17, 15) is 4.39 Å². The van der Waals surface area contributed by atoms with Gasteiger partial charge in [-0.25, -0.2) is 4.39 Å². The maximum Gasteiger partial charge on any atom is 0.129 e. The van der Waals surface area contributed by atoms with Crippen molar-refractivity contribution in [3.05, 3.63) is 34.1 Å². The van der Waals surface area contributed by atoms with Gasteiger partial charge >= 0.3 is 0 Å². The minimum atomic E-state index is -0.161. The largest absolute Gasteiger partial charge is 0.314 e. The highest BCUT2D eigenvalue weighted by Crippen LogP contribution is 2.35. The summed E-state index contributed by atoms with van der Waals surface area (Å²) in [5.41, 5.74) is 1.67. The molecule has 0 aliphatic carbocycles. The molecule has 1 aromatic carbocycles. The molecule has 22 heavy (non-hydrogen) atoms. The quantitative estimate of drug-likeness (QED) is 0.747. The summed E-state index contributed by atoms with van der Waals surface area (Å²) in [7, 11) is 0. The van der Waals surface area contributed by atoms with Crippen molar-refractivity contribution in [2.75, 3.05) is 26.2 Å². The van der Waals surface area contributed by atoms with Crippen molar-refractivity contribution in [3.8, 4) is 0 Å². The molecule has 1 aromatic rings. The standard InChI is InChI=1S/C17H26ClFN2.ClH/c1-3-4-5-6-15(21-11-9-20-10-12-21)16-14(19)8-7-13(2)17(16)18;/h7-8,15,20H,3-6,9-12H2,1-2H3;1H/t15-;/m1./s1. The summed E-state index contributed by atoms with van der Waals surface area (Å²) >= 11 is 6.44. The smallest absolute Gasteiger partial charge is 0.129 e. The van der Waals surface area contributed by atoms with Gasteiger partial charge in [-0.15, -0.1) is 12.4 Å². The second kappa shape index (κ2) is 9.71. The summed E-state index contributed by atoms with van der Waals surface area (Å²) in [6, 6.07) is 3.43. The van der Waals surface area contributed by atoms with Crippen LogP contribution in [0.4, 0.5) is 4.39 Å². The highest BCUT2D eigenvalue weighted by Gasteiger charge is 2.26. The number of aryl methyl sites for hydroxylation is 1. The van der Waals surface area contributed by atoms with Crippen LogP contribution in [0.15, 0.2) is 12.1 Å². The fourth-order valence-electron chi connectivity index (χ4n) is 3.07. The van der Waals surface area contributed by atoms with Crippen molar-refractivity contribution < 1.29 is 4.39 Å². The molecular weight excluding hydrogens is 322 g/mol. The first-order valence-electron chi connectivity index (χ1n) is 8.04. The SMILES string of the molecule is CCCCC[C@H](c1c(F)ccc(C)c1Cl)N1CCNCC1.Cl. The highest BCUT2D eigenvalue weighted by molar-refractivity contribution is 6.32. The summed E-state index contributed by atoms with van der Waals surface area (Å²) in [6.45, 7) is 8.00. The topological polar surface area (TPSA) is 15.3 Å². The molecule has 1 fully saturated rings. The second-order valence-corrected chi connectivity index (χ2v) is 6.27. The van der Waals surface area contributed by atoms with Crippen molar-refractivity contribution >= 4 is 24.0 Å². The van der Waals surface area contributed by atoms with E-state index in [0.717, 1.165) is 44.6 Å². The van der Waals surface area contributed by atoms with Crippen LogP contribution in [0, 0.1) is 12.7 Å². The van der Waals surface area contributed by atoms with Crippen molar-refractivity contribution in [1.29, 1.82) is 0 Å². The van der Waals surface area contributed by atoms with Crippen LogP contribution in [0.25, 0.3) is 0 Å². The second-order valence-electron chi connectivity index (χ2n) is 5.89. The van der Waals surface area contributed by atoms with E-state index >= 15 is 0 Å². The molecule has 5 heteroatoms. The minimum absolute atomic E-state index is 0. The number of hydrogen-bond acceptors (Lipinski definition) is 2. The molecule has 0 bridgehead atoms. The lowest BCUT2D eigenvalue weighted by Crippen LogP contribution is -2.45. The number of piperazine rings is 1. The van der Waals surface area contributed by atoms with Crippen LogP contribution in [0.1, 0.15) is 49.8 Å². The zero-order chi connectivity index (χ0) is 15.2. The minimum Gasteiger partial charge on any atom is -0.314 e. The van der Waals surface area contributed by atoms with E-state index in [0.29, 0.717) is 10.6 Å². The van der Waals surface area contributed by atoms with Gasteiger partial charge in [-0.3, -0.25) is 4.90 Å². The molecule has 0 aromatic heterocycles. The Morgan fingerprint density at radius 3 is 2.59 bits per heavy atom. The first-order chi connectivity index (χ1) is 10.1. The molecule has 0 unspecified atom stereocenters. The molecule has 0 amide bonds. The van der Waals surface area contributed by atoms with Gasteiger partial charge in [0.25, 0.3) is 0 Å². The Labute approximate surface area is 144 Å². The van der Waals surface area contributed by atoms with Gasteiger partial charge < -0.3 is 5.32 Å². The van der Waals surface area contributed by atoms with Crippen molar-refractivity contribution in [2.24, 2.45) is 0 Å². The van der Waals surface area contributed by atoms with E-state index in [2.05, 4.69) is 17.1 Å². The molecule has 1 atom stereocenters. The Bertz CT molecular complexity index is 462. The van der Waals surface area contributed by atoms with Crippen LogP contribution in [0.2, 0.25) is 5.02 Å². The van der Waals surface area contributed by atoms with E-state index in [1.807, 2.05) is 6.92 Å². The fraction of sp³-hybridized carbons (Fsp3) is 0.647. The molecule has 1 aliphatic heterocycles. The lowest BCUT2D eigenvalue weighted by Gasteiger charge is -2.36. The molecule has 2 nitrogen and oxygen atoms in total. The Balaban J connectivity index is 0.00000242.